The number of halogens is 2. The molecule has 1 aromatic rings. The van der Waals surface area contributed by atoms with E-state index in [-0.39, 0.29) is 0 Å². The van der Waals surface area contributed by atoms with Gasteiger partial charge in [0, 0.05) is 19.2 Å². The number of hydrogen-bond acceptors (Lipinski definition) is 4. The highest BCUT2D eigenvalue weighted by Gasteiger charge is 2.18. The maximum Gasteiger partial charge on any atom is 0.175 e. The first-order valence-corrected chi connectivity index (χ1v) is 7.10. The average molecular weight is 289 g/mol. The highest BCUT2D eigenvalue weighted by Crippen LogP contribution is 2.27. The fraction of sp³-hybridized carbons (Fsp3) is 0.667. The zero-order valence-corrected chi connectivity index (χ0v) is 12.0. The predicted molar refractivity (Wildman–Crippen MR) is 75.5 cm³/mol. The van der Waals surface area contributed by atoms with Gasteiger partial charge in [0.2, 0.25) is 0 Å². The van der Waals surface area contributed by atoms with Crippen molar-refractivity contribution in [3.05, 3.63) is 16.4 Å². The van der Waals surface area contributed by atoms with Gasteiger partial charge in [-0.25, -0.2) is 0 Å². The number of aromatic nitrogens is 2. The summed E-state index contributed by atoms with van der Waals surface area (Å²) in [7, 11) is 0. The largest absolute Gasteiger partial charge is 0.369 e. The molecular weight excluding hydrogens is 271 g/mol. The highest BCUT2D eigenvalue weighted by molar-refractivity contribution is 6.33. The molecule has 0 atom stereocenters. The van der Waals surface area contributed by atoms with Crippen LogP contribution >= 0.6 is 23.2 Å². The molecule has 0 aliphatic carbocycles. The highest BCUT2D eigenvalue weighted by atomic mass is 35.5. The van der Waals surface area contributed by atoms with Crippen LogP contribution in [0.15, 0.2) is 6.07 Å². The van der Waals surface area contributed by atoms with Gasteiger partial charge in [-0.1, -0.05) is 23.2 Å². The molecule has 1 saturated heterocycles. The molecule has 0 spiro atoms. The summed E-state index contributed by atoms with van der Waals surface area (Å²) in [6.07, 6.45) is 2.42. The van der Waals surface area contributed by atoms with Gasteiger partial charge >= 0.3 is 0 Å². The smallest absolute Gasteiger partial charge is 0.175 e. The second kappa shape index (κ2) is 6.55. The maximum absolute atomic E-state index is 6.10. The molecule has 1 aliphatic rings. The van der Waals surface area contributed by atoms with Crippen LogP contribution in [0, 0.1) is 5.92 Å². The Bertz CT molecular complexity index is 394. The first-order valence-electron chi connectivity index (χ1n) is 6.35. The fourth-order valence-corrected chi connectivity index (χ4v) is 2.69. The first kappa shape index (κ1) is 13.8. The number of piperidine rings is 1. The van der Waals surface area contributed by atoms with Crippen molar-refractivity contribution in [2.75, 3.05) is 31.1 Å². The Morgan fingerprint density at radius 1 is 1.33 bits per heavy atom. The third kappa shape index (κ3) is 3.46. The van der Waals surface area contributed by atoms with Crippen LogP contribution in [-0.2, 0) is 0 Å². The van der Waals surface area contributed by atoms with E-state index in [0.29, 0.717) is 16.2 Å². The van der Waals surface area contributed by atoms with Crippen molar-refractivity contribution >= 4 is 28.9 Å². The van der Waals surface area contributed by atoms with Crippen LogP contribution in [0.25, 0.3) is 0 Å². The van der Waals surface area contributed by atoms with Crippen LogP contribution in [0.1, 0.15) is 19.8 Å². The van der Waals surface area contributed by atoms with Crippen molar-refractivity contribution in [3.63, 3.8) is 0 Å². The molecule has 6 heteroatoms. The van der Waals surface area contributed by atoms with E-state index < -0.39 is 0 Å². The van der Waals surface area contributed by atoms with Crippen molar-refractivity contribution in [2.45, 2.75) is 19.8 Å². The topological polar surface area (TPSA) is 41.0 Å². The van der Waals surface area contributed by atoms with Gasteiger partial charge in [0.25, 0.3) is 0 Å². The molecule has 0 amide bonds. The number of anilines is 1. The van der Waals surface area contributed by atoms with E-state index in [1.807, 2.05) is 0 Å². The van der Waals surface area contributed by atoms with Gasteiger partial charge in [-0.05, 0) is 38.8 Å². The van der Waals surface area contributed by atoms with Crippen molar-refractivity contribution in [1.29, 1.82) is 0 Å². The monoisotopic (exact) mass is 288 g/mol. The van der Waals surface area contributed by atoms with Crippen LogP contribution in [-0.4, -0.2) is 36.4 Å². The summed E-state index contributed by atoms with van der Waals surface area (Å²) in [6, 6.07) is 1.79. The van der Waals surface area contributed by atoms with Gasteiger partial charge in [-0.15, -0.1) is 10.2 Å². The minimum Gasteiger partial charge on any atom is -0.369 e. The number of nitrogens with zero attached hydrogens (tertiary/aromatic N) is 3. The molecule has 0 aromatic carbocycles. The van der Waals surface area contributed by atoms with Crippen molar-refractivity contribution in [3.8, 4) is 0 Å². The third-order valence-electron chi connectivity index (χ3n) is 3.36. The Kier molecular flexibility index (Phi) is 5.03. The van der Waals surface area contributed by atoms with Gasteiger partial charge < -0.3 is 10.2 Å². The molecule has 18 heavy (non-hydrogen) atoms. The SMILES string of the molecule is CCN(CC1CCNCC1)c1cc(Cl)nnc1Cl. The molecule has 1 fully saturated rings. The lowest BCUT2D eigenvalue weighted by Crippen LogP contribution is -2.36. The zero-order valence-electron chi connectivity index (χ0n) is 10.5. The van der Waals surface area contributed by atoms with E-state index in [2.05, 4.69) is 27.3 Å². The van der Waals surface area contributed by atoms with Gasteiger partial charge in [-0.3, -0.25) is 0 Å². The van der Waals surface area contributed by atoms with Gasteiger partial charge in [-0.2, -0.15) is 0 Å². The Hall–Kier alpha value is -0.580. The second-order valence-corrected chi connectivity index (χ2v) is 5.32. The summed E-state index contributed by atoms with van der Waals surface area (Å²) in [5, 5.41) is 11.8. The molecule has 1 aromatic heterocycles. The van der Waals surface area contributed by atoms with Crippen molar-refractivity contribution in [1.82, 2.24) is 15.5 Å². The van der Waals surface area contributed by atoms with E-state index in [9.17, 15) is 0 Å². The molecule has 0 bridgehead atoms. The Morgan fingerprint density at radius 3 is 2.72 bits per heavy atom. The van der Waals surface area contributed by atoms with Gasteiger partial charge in [0.05, 0.1) is 5.69 Å². The van der Waals surface area contributed by atoms with E-state index in [1.54, 1.807) is 6.07 Å². The molecule has 2 heterocycles. The summed E-state index contributed by atoms with van der Waals surface area (Å²) in [5.41, 5.74) is 0.887. The summed E-state index contributed by atoms with van der Waals surface area (Å²) in [4.78, 5) is 2.24. The Balaban J connectivity index is 2.09. The summed E-state index contributed by atoms with van der Waals surface area (Å²) in [6.45, 7) is 6.22. The minimum absolute atomic E-state index is 0.387. The molecule has 0 unspecified atom stereocenters. The molecular formula is C12H18Cl2N4. The molecule has 2 rings (SSSR count). The molecule has 0 radical (unpaired) electrons. The van der Waals surface area contributed by atoms with Crippen LogP contribution < -0.4 is 10.2 Å². The lowest BCUT2D eigenvalue weighted by atomic mass is 9.97. The fourth-order valence-electron chi connectivity index (χ4n) is 2.34. The van der Waals surface area contributed by atoms with Crippen LogP contribution in [0.3, 0.4) is 0 Å². The van der Waals surface area contributed by atoms with Gasteiger partial charge in [0.1, 0.15) is 0 Å². The van der Waals surface area contributed by atoms with Crippen LogP contribution in [0.4, 0.5) is 5.69 Å². The predicted octanol–water partition coefficient (Wildman–Crippen LogP) is 2.61. The minimum atomic E-state index is 0.387. The third-order valence-corrected chi connectivity index (χ3v) is 3.81. The van der Waals surface area contributed by atoms with E-state index in [1.165, 1.54) is 12.8 Å². The summed E-state index contributed by atoms with van der Waals surface area (Å²) in [5.74, 6) is 0.703. The Labute approximate surface area is 118 Å². The normalized spacial score (nSPS) is 16.8. The number of hydrogen-bond donors (Lipinski definition) is 1. The lowest BCUT2D eigenvalue weighted by molar-refractivity contribution is 0.374. The second-order valence-electron chi connectivity index (χ2n) is 4.58. The van der Waals surface area contributed by atoms with Gasteiger partial charge in [0.15, 0.2) is 10.3 Å². The molecule has 1 aliphatic heterocycles. The molecule has 4 nitrogen and oxygen atoms in total. The van der Waals surface area contributed by atoms with E-state index >= 15 is 0 Å². The standard InChI is InChI=1S/C12H18Cl2N4/c1-2-18(8-9-3-5-15-6-4-9)10-7-11(13)16-17-12(10)14/h7,9,15H,2-6,8H2,1H3. The van der Waals surface area contributed by atoms with E-state index in [4.69, 9.17) is 23.2 Å². The summed E-state index contributed by atoms with van der Waals surface area (Å²) >= 11 is 12.0. The first-order chi connectivity index (χ1) is 8.70. The van der Waals surface area contributed by atoms with E-state index in [0.717, 1.165) is 31.9 Å². The van der Waals surface area contributed by atoms with Crippen molar-refractivity contribution in [2.24, 2.45) is 5.92 Å². The quantitative estimate of drug-likeness (QED) is 0.925. The van der Waals surface area contributed by atoms with Crippen molar-refractivity contribution < 1.29 is 0 Å². The Morgan fingerprint density at radius 2 is 2.06 bits per heavy atom. The lowest BCUT2D eigenvalue weighted by Gasteiger charge is -2.31. The molecule has 0 saturated carbocycles. The molecule has 1 N–H and O–H groups in total. The molecule has 100 valence electrons. The van der Waals surface area contributed by atoms with Crippen LogP contribution in [0.5, 0.6) is 0 Å². The number of rotatable bonds is 4. The average Bonchev–Trinajstić information content (AvgIpc) is 2.40. The number of nitrogens with one attached hydrogen (secondary N) is 1. The maximum atomic E-state index is 6.10. The zero-order chi connectivity index (χ0) is 13.0. The van der Waals surface area contributed by atoms with Crippen LogP contribution in [0.2, 0.25) is 10.3 Å². The summed E-state index contributed by atoms with van der Waals surface area (Å²) < 4.78 is 0.